The Morgan fingerprint density at radius 1 is 0.818 bits per heavy atom. The summed E-state index contributed by atoms with van der Waals surface area (Å²) in [5.41, 5.74) is 5.90. The van der Waals surface area contributed by atoms with Crippen molar-refractivity contribution >= 4 is 34.9 Å². The normalized spacial score (nSPS) is 10.4. The molecule has 4 nitrogen and oxygen atoms in total. The molecule has 0 atom stereocenters. The van der Waals surface area contributed by atoms with Crippen LogP contribution in [0.3, 0.4) is 0 Å². The van der Waals surface area contributed by atoms with Gasteiger partial charge in [-0.15, -0.1) is 0 Å². The minimum Gasteiger partial charge on any atom is -0.497 e. The second-order valence-electron chi connectivity index (χ2n) is 7.29. The Morgan fingerprint density at radius 2 is 1.45 bits per heavy atom. The van der Waals surface area contributed by atoms with Crippen LogP contribution in [0, 0.1) is 17.9 Å². The topological polar surface area (TPSA) is 40.6 Å². The quantitative estimate of drug-likeness (QED) is 0.233. The molecule has 0 N–H and O–H groups in total. The first-order valence-electron chi connectivity index (χ1n) is 10.4. The molecule has 0 saturated heterocycles. The average molecular weight is 428 g/mol. The first-order valence-corrected chi connectivity index (χ1v) is 10.4. The van der Waals surface area contributed by atoms with Gasteiger partial charge < -0.3 is 9.64 Å². The van der Waals surface area contributed by atoms with E-state index in [1.165, 1.54) is 0 Å². The summed E-state index contributed by atoms with van der Waals surface area (Å²) >= 11 is 0. The van der Waals surface area contributed by atoms with Gasteiger partial charge in [0.15, 0.2) is 5.69 Å². The highest BCUT2D eigenvalue weighted by molar-refractivity contribution is 5.80. The van der Waals surface area contributed by atoms with Crippen molar-refractivity contribution in [2.24, 2.45) is 0 Å². The van der Waals surface area contributed by atoms with E-state index in [1.54, 1.807) is 25.3 Å². The number of methoxy groups -OCH3 is 1. The largest absolute Gasteiger partial charge is 0.497 e. The lowest BCUT2D eigenvalue weighted by atomic mass is 10.1. The predicted octanol–water partition coefficient (Wildman–Crippen LogP) is 7.76. The molecular formula is C29H21N3O. The maximum Gasteiger partial charge on any atom is 0.194 e. The van der Waals surface area contributed by atoms with E-state index in [1.807, 2.05) is 66.7 Å². The molecular weight excluding hydrogens is 406 g/mol. The van der Waals surface area contributed by atoms with E-state index in [0.29, 0.717) is 11.3 Å². The summed E-state index contributed by atoms with van der Waals surface area (Å²) in [6.07, 6.45) is 3.83. The van der Waals surface area contributed by atoms with Crippen molar-refractivity contribution < 1.29 is 4.74 Å². The van der Waals surface area contributed by atoms with Crippen LogP contribution in [0.4, 0.5) is 22.7 Å². The minimum atomic E-state index is 0.525. The first kappa shape index (κ1) is 21.4. The van der Waals surface area contributed by atoms with Crippen LogP contribution in [0.1, 0.15) is 16.7 Å². The molecule has 0 aliphatic rings. The highest BCUT2D eigenvalue weighted by Crippen LogP contribution is 2.35. The van der Waals surface area contributed by atoms with Crippen LogP contribution in [0.5, 0.6) is 5.75 Å². The molecule has 158 valence electrons. The maximum atomic E-state index is 9.15. The monoisotopic (exact) mass is 427 g/mol. The third kappa shape index (κ3) is 4.93. The zero-order valence-corrected chi connectivity index (χ0v) is 18.1. The lowest BCUT2D eigenvalue weighted by molar-refractivity contribution is 0.415. The summed E-state index contributed by atoms with van der Waals surface area (Å²) in [7, 11) is 1.66. The highest BCUT2D eigenvalue weighted by Gasteiger charge is 2.12. The number of ether oxygens (including phenoxy) is 1. The predicted molar refractivity (Wildman–Crippen MR) is 134 cm³/mol. The lowest BCUT2D eigenvalue weighted by Gasteiger charge is -2.25. The Hall–Kier alpha value is -4.80. The number of para-hydroxylation sites is 1. The number of hydrogen-bond acceptors (Lipinski definition) is 3. The number of nitriles is 1. The van der Waals surface area contributed by atoms with E-state index in [2.05, 4.69) is 40.1 Å². The van der Waals surface area contributed by atoms with Crippen LogP contribution in [-0.2, 0) is 0 Å². The Labute approximate surface area is 194 Å². The van der Waals surface area contributed by atoms with Crippen LogP contribution in [0.15, 0.2) is 97.1 Å². The molecule has 0 unspecified atom stereocenters. The van der Waals surface area contributed by atoms with Gasteiger partial charge in [-0.1, -0.05) is 54.6 Å². The molecule has 0 aliphatic heterocycles. The van der Waals surface area contributed by atoms with E-state index < -0.39 is 0 Å². The van der Waals surface area contributed by atoms with Crippen LogP contribution in [-0.4, -0.2) is 7.11 Å². The Morgan fingerprint density at radius 3 is 2.06 bits per heavy atom. The average Bonchev–Trinajstić information content (AvgIpc) is 2.89. The van der Waals surface area contributed by atoms with Gasteiger partial charge in [0.25, 0.3) is 0 Å². The highest BCUT2D eigenvalue weighted by atomic mass is 16.5. The number of benzene rings is 4. The molecule has 33 heavy (non-hydrogen) atoms. The standard InChI is InChI=1S/C29H21N3O/c1-31-29-19-11-23(21-30)20-24(29)12-8-22-9-13-26(14-10-22)32(25-6-4-3-5-7-25)27-15-17-28(33-2)18-16-27/h3-20H,2H3/b12-8-. The summed E-state index contributed by atoms with van der Waals surface area (Å²) < 4.78 is 5.31. The zero-order chi connectivity index (χ0) is 23.0. The van der Waals surface area contributed by atoms with Gasteiger partial charge in [0.1, 0.15) is 5.75 Å². The fraction of sp³-hybridized carbons (Fsp3) is 0.0345. The second kappa shape index (κ2) is 10.0. The fourth-order valence-electron chi connectivity index (χ4n) is 3.54. The third-order valence-corrected chi connectivity index (χ3v) is 5.23. The zero-order valence-electron chi connectivity index (χ0n) is 18.1. The van der Waals surface area contributed by atoms with E-state index in [0.717, 1.165) is 33.9 Å². The smallest absolute Gasteiger partial charge is 0.194 e. The van der Waals surface area contributed by atoms with Crippen LogP contribution in [0.2, 0.25) is 0 Å². The molecule has 0 spiro atoms. The van der Waals surface area contributed by atoms with Crippen molar-refractivity contribution in [3.8, 4) is 11.8 Å². The van der Waals surface area contributed by atoms with Gasteiger partial charge in [-0.2, -0.15) is 5.26 Å². The SMILES string of the molecule is [C-]#[N+]c1ccc(C#N)cc1/C=C\c1ccc(N(c2ccccc2)c2ccc(OC)cc2)cc1. The summed E-state index contributed by atoms with van der Waals surface area (Å²) in [6, 6.07) is 33.6. The Balaban J connectivity index is 1.65. The number of hydrogen-bond donors (Lipinski definition) is 0. The van der Waals surface area contributed by atoms with Gasteiger partial charge in [0, 0.05) is 17.1 Å². The molecule has 0 fully saturated rings. The number of rotatable bonds is 6. The summed E-state index contributed by atoms with van der Waals surface area (Å²) in [5, 5.41) is 9.15. The summed E-state index contributed by atoms with van der Waals surface area (Å²) in [4.78, 5) is 5.73. The first-order chi connectivity index (χ1) is 16.2. The van der Waals surface area contributed by atoms with Crippen molar-refractivity contribution in [3.63, 3.8) is 0 Å². The van der Waals surface area contributed by atoms with Crippen LogP contribution >= 0.6 is 0 Å². The minimum absolute atomic E-state index is 0.525. The van der Waals surface area contributed by atoms with Gasteiger partial charge >= 0.3 is 0 Å². The Kier molecular flexibility index (Phi) is 6.50. The number of anilines is 3. The molecule has 0 saturated carbocycles. The van der Waals surface area contributed by atoms with E-state index in [-0.39, 0.29) is 0 Å². The van der Waals surface area contributed by atoms with Crippen molar-refractivity contribution in [1.82, 2.24) is 0 Å². The molecule has 4 aromatic rings. The maximum absolute atomic E-state index is 9.15. The van der Waals surface area contributed by atoms with Gasteiger partial charge in [-0.05, 0) is 65.7 Å². The molecule has 0 heterocycles. The van der Waals surface area contributed by atoms with Gasteiger partial charge in [-0.25, -0.2) is 4.85 Å². The number of nitrogens with zero attached hydrogens (tertiary/aromatic N) is 3. The molecule has 0 amide bonds. The van der Waals surface area contributed by atoms with Crippen molar-refractivity contribution in [1.29, 1.82) is 5.26 Å². The molecule has 0 aromatic heterocycles. The van der Waals surface area contributed by atoms with Crippen molar-refractivity contribution in [3.05, 3.63) is 125 Å². The third-order valence-electron chi connectivity index (χ3n) is 5.23. The van der Waals surface area contributed by atoms with Gasteiger partial charge in [0.2, 0.25) is 0 Å². The molecule has 0 radical (unpaired) electrons. The van der Waals surface area contributed by atoms with Crippen molar-refractivity contribution in [2.45, 2.75) is 0 Å². The van der Waals surface area contributed by atoms with Crippen LogP contribution < -0.4 is 9.64 Å². The van der Waals surface area contributed by atoms with E-state index >= 15 is 0 Å². The summed E-state index contributed by atoms with van der Waals surface area (Å²) in [6.45, 7) is 7.35. The van der Waals surface area contributed by atoms with Crippen molar-refractivity contribution in [2.75, 3.05) is 12.0 Å². The second-order valence-corrected chi connectivity index (χ2v) is 7.29. The molecule has 0 aliphatic carbocycles. The molecule has 4 heteroatoms. The van der Waals surface area contributed by atoms with Gasteiger partial charge in [-0.3, -0.25) is 0 Å². The lowest BCUT2D eigenvalue weighted by Crippen LogP contribution is -2.09. The molecule has 0 bridgehead atoms. The van der Waals surface area contributed by atoms with E-state index in [4.69, 9.17) is 16.6 Å². The summed E-state index contributed by atoms with van der Waals surface area (Å²) in [5.74, 6) is 0.812. The van der Waals surface area contributed by atoms with E-state index in [9.17, 15) is 0 Å². The van der Waals surface area contributed by atoms with Crippen LogP contribution in [0.25, 0.3) is 17.0 Å². The Bertz CT molecular complexity index is 1340. The molecule has 4 aromatic carbocycles. The fourth-order valence-corrected chi connectivity index (χ4v) is 3.54. The molecule has 4 rings (SSSR count). The van der Waals surface area contributed by atoms with Gasteiger partial charge in [0.05, 0.1) is 25.3 Å².